The largest absolute Gasteiger partial charge is 0.480 e. The minimum atomic E-state index is -1.51. The molecule has 0 bridgehead atoms. The average Bonchev–Trinajstić information content (AvgIpc) is 2.29. The fraction of sp³-hybridized carbons (Fsp3) is 0.889. The highest BCUT2D eigenvalue weighted by atomic mass is 16.5. The van der Waals surface area contributed by atoms with Gasteiger partial charge in [-0.3, -0.25) is 4.79 Å². The first-order chi connectivity index (χ1) is 7.88. The van der Waals surface area contributed by atoms with Crippen molar-refractivity contribution in [1.82, 2.24) is 0 Å². The molecule has 1 saturated heterocycles. The summed E-state index contributed by atoms with van der Waals surface area (Å²) in [6, 6.07) is -1.25. The van der Waals surface area contributed by atoms with E-state index in [1.165, 1.54) is 0 Å². The van der Waals surface area contributed by atoms with Crippen LogP contribution >= 0.6 is 0 Å². The molecule has 0 amide bonds. The number of rotatable bonds is 4. The third kappa shape index (κ3) is 3.12. The molecule has 1 aliphatic heterocycles. The highest BCUT2D eigenvalue weighted by molar-refractivity contribution is 5.73. The van der Waals surface area contributed by atoms with E-state index < -0.39 is 49.1 Å². The van der Waals surface area contributed by atoms with Gasteiger partial charge in [0.2, 0.25) is 0 Å². The van der Waals surface area contributed by atoms with Gasteiger partial charge in [0.25, 0.3) is 0 Å². The lowest BCUT2D eigenvalue weighted by Gasteiger charge is -2.40. The van der Waals surface area contributed by atoms with Crippen LogP contribution in [0.5, 0.6) is 0 Å². The monoisotopic (exact) mass is 251 g/mol. The van der Waals surface area contributed by atoms with E-state index in [1.807, 2.05) is 0 Å². The number of carboxylic acids is 1. The Kier molecular flexibility index (Phi) is 4.80. The maximum Gasteiger partial charge on any atom is 0.320 e. The van der Waals surface area contributed by atoms with Gasteiger partial charge in [0, 0.05) is 6.42 Å². The normalized spacial score (nSPS) is 39.9. The minimum absolute atomic E-state index is 0.225. The third-order valence-electron chi connectivity index (χ3n) is 2.79. The van der Waals surface area contributed by atoms with E-state index in [0.29, 0.717) is 0 Å². The molecule has 7 N–H and O–H groups in total. The lowest BCUT2D eigenvalue weighted by atomic mass is 9.92. The van der Waals surface area contributed by atoms with Crippen molar-refractivity contribution < 1.29 is 35.1 Å². The maximum atomic E-state index is 10.6. The second kappa shape index (κ2) is 5.71. The molecule has 0 aliphatic carbocycles. The summed E-state index contributed by atoms with van der Waals surface area (Å²) in [5, 5.41) is 46.0. The Labute approximate surface area is 97.2 Å². The van der Waals surface area contributed by atoms with Gasteiger partial charge in [-0.1, -0.05) is 0 Å². The predicted octanol–water partition coefficient (Wildman–Crippen LogP) is -3.37. The minimum Gasteiger partial charge on any atom is -0.480 e. The Bertz CT molecular complexity index is 272. The van der Waals surface area contributed by atoms with Crippen LogP contribution in [0.3, 0.4) is 0 Å². The first-order valence-corrected chi connectivity index (χ1v) is 5.17. The van der Waals surface area contributed by atoms with Crippen LogP contribution in [0.2, 0.25) is 0 Å². The van der Waals surface area contributed by atoms with Gasteiger partial charge in [0.05, 0.1) is 12.7 Å². The van der Waals surface area contributed by atoms with Crippen LogP contribution in [0.15, 0.2) is 0 Å². The molecule has 1 fully saturated rings. The quantitative estimate of drug-likeness (QED) is 0.302. The molecule has 100 valence electrons. The van der Waals surface area contributed by atoms with Crippen molar-refractivity contribution in [3.05, 3.63) is 0 Å². The Morgan fingerprint density at radius 2 is 1.71 bits per heavy atom. The number of hydrogen-bond acceptors (Lipinski definition) is 7. The lowest BCUT2D eigenvalue weighted by Crippen LogP contribution is -2.59. The van der Waals surface area contributed by atoms with Gasteiger partial charge >= 0.3 is 5.97 Å². The number of nitrogens with two attached hydrogens (primary N) is 1. The van der Waals surface area contributed by atoms with E-state index in [1.54, 1.807) is 0 Å². The molecule has 0 spiro atoms. The molecule has 0 aromatic rings. The summed E-state index contributed by atoms with van der Waals surface area (Å²) >= 11 is 0. The number of aliphatic hydroxyl groups is 4. The number of aliphatic hydroxyl groups excluding tert-OH is 4. The van der Waals surface area contributed by atoms with E-state index in [0.717, 1.165) is 0 Å². The molecule has 1 heterocycles. The van der Waals surface area contributed by atoms with E-state index in [-0.39, 0.29) is 6.42 Å². The third-order valence-corrected chi connectivity index (χ3v) is 2.79. The summed E-state index contributed by atoms with van der Waals surface area (Å²) < 4.78 is 5.10. The van der Waals surface area contributed by atoms with Crippen molar-refractivity contribution in [1.29, 1.82) is 0 Å². The van der Waals surface area contributed by atoms with Crippen LogP contribution in [-0.4, -0.2) is 74.7 Å². The average molecular weight is 251 g/mol. The van der Waals surface area contributed by atoms with Gasteiger partial charge < -0.3 is 36.0 Å². The number of hydrogen-bond donors (Lipinski definition) is 6. The summed E-state index contributed by atoms with van der Waals surface area (Å²) in [4.78, 5) is 10.6. The number of aliphatic carboxylic acids is 1. The van der Waals surface area contributed by atoms with Crippen molar-refractivity contribution in [2.45, 2.75) is 43.0 Å². The summed E-state index contributed by atoms with van der Waals surface area (Å²) in [7, 11) is 0. The van der Waals surface area contributed by atoms with E-state index in [9.17, 15) is 20.1 Å². The SMILES string of the molecule is N[C@@H](C[C@@H]1O[C@H](CO)[C@@H](O)[C@H](O)[C@H]1O)C(=O)O. The van der Waals surface area contributed by atoms with Crippen LogP contribution in [0.1, 0.15) is 6.42 Å². The van der Waals surface area contributed by atoms with Crippen molar-refractivity contribution in [2.75, 3.05) is 6.61 Å². The summed E-state index contributed by atoms with van der Waals surface area (Å²) in [6.07, 6.45) is -6.72. The number of ether oxygens (including phenoxy) is 1. The van der Waals surface area contributed by atoms with Crippen molar-refractivity contribution >= 4 is 5.97 Å². The Hall–Kier alpha value is -0.770. The van der Waals surface area contributed by atoms with Crippen LogP contribution in [0.4, 0.5) is 0 Å². The fourth-order valence-corrected chi connectivity index (χ4v) is 1.72. The molecule has 1 aliphatic rings. The van der Waals surface area contributed by atoms with E-state index in [2.05, 4.69) is 0 Å². The maximum absolute atomic E-state index is 10.6. The fourth-order valence-electron chi connectivity index (χ4n) is 1.72. The van der Waals surface area contributed by atoms with Gasteiger partial charge in [0.15, 0.2) is 0 Å². The first-order valence-electron chi connectivity index (χ1n) is 5.17. The molecule has 0 aromatic carbocycles. The van der Waals surface area contributed by atoms with Crippen molar-refractivity contribution in [3.63, 3.8) is 0 Å². The van der Waals surface area contributed by atoms with Gasteiger partial charge in [-0.2, -0.15) is 0 Å². The molecule has 0 saturated carbocycles. The molecule has 0 radical (unpaired) electrons. The molecule has 17 heavy (non-hydrogen) atoms. The molecular weight excluding hydrogens is 234 g/mol. The van der Waals surface area contributed by atoms with Crippen LogP contribution < -0.4 is 5.73 Å². The molecular formula is C9H17NO7. The zero-order valence-corrected chi connectivity index (χ0v) is 9.01. The Balaban J connectivity index is 2.68. The second-order valence-electron chi connectivity index (χ2n) is 4.05. The Morgan fingerprint density at radius 1 is 1.18 bits per heavy atom. The summed E-state index contributed by atoms with van der Waals surface area (Å²) in [5.41, 5.74) is 5.28. The molecule has 1 rings (SSSR count). The number of carbonyl (C=O) groups is 1. The standard InChI is InChI=1S/C9H17NO7/c10-3(9(15)16)1-4-6(12)8(14)7(13)5(2-11)17-4/h3-8,11-14H,1-2,10H2,(H,15,16)/t3-,4-,5+,6-,7+,8+/m0/s1. The van der Waals surface area contributed by atoms with Gasteiger partial charge in [-0.05, 0) is 0 Å². The highest BCUT2D eigenvalue weighted by Crippen LogP contribution is 2.23. The molecule has 6 atom stereocenters. The number of carboxylic acid groups (broad SMARTS) is 1. The molecule has 0 aromatic heterocycles. The zero-order valence-electron chi connectivity index (χ0n) is 9.01. The smallest absolute Gasteiger partial charge is 0.320 e. The van der Waals surface area contributed by atoms with E-state index in [4.69, 9.17) is 20.7 Å². The topological polar surface area (TPSA) is 153 Å². The highest BCUT2D eigenvalue weighted by Gasteiger charge is 2.44. The Morgan fingerprint density at radius 3 is 2.18 bits per heavy atom. The molecule has 0 unspecified atom stereocenters. The summed E-state index contributed by atoms with van der Waals surface area (Å²) in [6.45, 7) is -0.552. The summed E-state index contributed by atoms with van der Waals surface area (Å²) in [5.74, 6) is -1.26. The van der Waals surface area contributed by atoms with Crippen molar-refractivity contribution in [3.8, 4) is 0 Å². The zero-order chi connectivity index (χ0) is 13.2. The van der Waals surface area contributed by atoms with Gasteiger partial charge in [-0.15, -0.1) is 0 Å². The molecule has 8 heteroatoms. The van der Waals surface area contributed by atoms with Crippen LogP contribution in [0, 0.1) is 0 Å². The second-order valence-corrected chi connectivity index (χ2v) is 4.05. The van der Waals surface area contributed by atoms with Gasteiger partial charge in [0.1, 0.15) is 30.5 Å². The first kappa shape index (κ1) is 14.3. The van der Waals surface area contributed by atoms with Crippen LogP contribution in [-0.2, 0) is 9.53 Å². The van der Waals surface area contributed by atoms with Gasteiger partial charge in [-0.25, -0.2) is 0 Å². The van der Waals surface area contributed by atoms with Crippen LogP contribution in [0.25, 0.3) is 0 Å². The molecule has 8 nitrogen and oxygen atoms in total. The van der Waals surface area contributed by atoms with E-state index >= 15 is 0 Å². The van der Waals surface area contributed by atoms with Crippen molar-refractivity contribution in [2.24, 2.45) is 5.73 Å². The lowest BCUT2D eigenvalue weighted by molar-refractivity contribution is -0.231. The predicted molar refractivity (Wildman–Crippen MR) is 54.0 cm³/mol.